The lowest BCUT2D eigenvalue weighted by Crippen LogP contribution is -2.73. The second-order valence-corrected chi connectivity index (χ2v) is 6.27. The summed E-state index contributed by atoms with van der Waals surface area (Å²) in [6, 6.07) is 0. The van der Waals surface area contributed by atoms with E-state index in [1.54, 1.807) is 0 Å². The number of hydrogen-bond acceptors (Lipinski definition) is 2. The molecule has 0 bridgehead atoms. The van der Waals surface area contributed by atoms with Crippen LogP contribution < -0.4 is 0 Å². The van der Waals surface area contributed by atoms with Gasteiger partial charge in [0.25, 0.3) is 5.50 Å². The van der Waals surface area contributed by atoms with Gasteiger partial charge in [-0.05, 0) is 0 Å². The van der Waals surface area contributed by atoms with Crippen molar-refractivity contribution in [1.29, 1.82) is 0 Å². The Kier molecular flexibility index (Phi) is 6.12. The summed E-state index contributed by atoms with van der Waals surface area (Å²) in [5.74, 6) is -50.1. The first kappa shape index (κ1) is 26.8. The predicted octanol–water partition coefficient (Wildman–Crippen LogP) is 4.54. The Bertz CT molecular complexity index is 691. The number of rotatable bonds is 7. The molecule has 0 aromatic heterocycles. The minimum Gasteiger partial charge on any atom is -0.283 e. The number of alkyl halides is 16. The van der Waals surface area contributed by atoms with Crippen molar-refractivity contribution in [2.75, 3.05) is 0 Å². The molecule has 0 aromatic carbocycles. The highest BCUT2D eigenvalue weighted by molar-refractivity contribution is 7.86. The Labute approximate surface area is 142 Å². The maximum Gasteiger partial charge on any atom is 0.460 e. The molecule has 0 aliphatic heterocycles. The molecule has 0 radical (unpaired) electrons. The SMILES string of the molecule is O=S(=O)(O)C(F)C(F)(F)C(F)(F)C(F)(F)C(F)(F)C(F)(F)C(F)(F)C(F)(F)F. The third-order valence-corrected chi connectivity index (χ3v) is 3.72. The van der Waals surface area contributed by atoms with Gasteiger partial charge in [-0.1, -0.05) is 0 Å². The van der Waals surface area contributed by atoms with Crippen molar-refractivity contribution < 1.29 is 83.2 Å². The first-order chi connectivity index (χ1) is 11.7. The summed E-state index contributed by atoms with van der Waals surface area (Å²) in [7, 11) is -7.13. The van der Waals surface area contributed by atoms with Crippen LogP contribution in [0.3, 0.4) is 0 Å². The molecule has 170 valence electrons. The molecule has 1 unspecified atom stereocenters. The van der Waals surface area contributed by atoms with Crippen molar-refractivity contribution >= 4 is 10.1 Å². The molecule has 0 saturated heterocycles. The maximum atomic E-state index is 13.0. The fourth-order valence-corrected chi connectivity index (χ4v) is 1.83. The van der Waals surface area contributed by atoms with Gasteiger partial charge in [0, 0.05) is 0 Å². The molecule has 0 fully saturated rings. The highest BCUT2D eigenvalue weighted by Gasteiger charge is 2.94. The van der Waals surface area contributed by atoms with Crippen molar-refractivity contribution in [1.82, 2.24) is 0 Å². The highest BCUT2D eigenvalue weighted by Crippen LogP contribution is 2.62. The average Bonchev–Trinajstić information content (AvgIpc) is 2.42. The predicted molar refractivity (Wildman–Crippen MR) is 52.2 cm³/mol. The molecule has 0 aliphatic carbocycles. The third-order valence-electron chi connectivity index (χ3n) is 2.90. The minimum absolute atomic E-state index is 5.91. The van der Waals surface area contributed by atoms with Crippen LogP contribution in [0.4, 0.5) is 70.2 Å². The molecular weight excluding hydrogens is 480 g/mol. The molecule has 0 aromatic rings. The molecule has 1 N–H and O–H groups in total. The lowest BCUT2D eigenvalue weighted by atomic mass is 9.91. The van der Waals surface area contributed by atoms with E-state index in [0.717, 1.165) is 0 Å². The lowest BCUT2D eigenvalue weighted by molar-refractivity contribution is -0.453. The normalized spacial score (nSPS) is 17.6. The maximum absolute atomic E-state index is 13.0. The first-order valence-electron chi connectivity index (χ1n) is 5.59. The van der Waals surface area contributed by atoms with Crippen LogP contribution >= 0.6 is 0 Å². The van der Waals surface area contributed by atoms with E-state index in [1.165, 1.54) is 0 Å². The van der Waals surface area contributed by atoms with Gasteiger partial charge in [-0.25, -0.2) is 4.39 Å². The first-order valence-corrected chi connectivity index (χ1v) is 7.10. The van der Waals surface area contributed by atoms with Gasteiger partial charge in [-0.3, -0.25) is 4.55 Å². The summed E-state index contributed by atoms with van der Waals surface area (Å²) in [6.07, 6.45) is -7.80. The largest absolute Gasteiger partial charge is 0.460 e. The van der Waals surface area contributed by atoms with Gasteiger partial charge in [0.15, 0.2) is 0 Å². The van der Waals surface area contributed by atoms with Gasteiger partial charge >= 0.3 is 51.8 Å². The van der Waals surface area contributed by atoms with Crippen molar-refractivity contribution in [3.8, 4) is 0 Å². The molecular formula is C8H2F16O3S. The second-order valence-electron chi connectivity index (χ2n) is 4.82. The minimum atomic E-state index is -8.68. The van der Waals surface area contributed by atoms with Crippen molar-refractivity contribution in [3.05, 3.63) is 0 Å². The Balaban J connectivity index is 6.72. The lowest BCUT2D eigenvalue weighted by Gasteiger charge is -2.41. The molecule has 1 atom stereocenters. The van der Waals surface area contributed by atoms with Gasteiger partial charge in [-0.2, -0.15) is 74.3 Å². The van der Waals surface area contributed by atoms with Gasteiger partial charge in [-0.15, -0.1) is 0 Å². The zero-order valence-corrected chi connectivity index (χ0v) is 12.6. The summed E-state index contributed by atoms with van der Waals surface area (Å²) in [5, 5.41) is 0. The van der Waals surface area contributed by atoms with Gasteiger partial charge in [0.1, 0.15) is 0 Å². The Morgan fingerprint density at radius 2 is 0.786 bits per heavy atom. The fourth-order valence-electron chi connectivity index (χ4n) is 1.31. The van der Waals surface area contributed by atoms with Crippen LogP contribution in [0, 0.1) is 0 Å². The van der Waals surface area contributed by atoms with Crippen LogP contribution in [-0.4, -0.2) is 60.2 Å². The van der Waals surface area contributed by atoms with E-state index in [9.17, 15) is 78.7 Å². The summed E-state index contributed by atoms with van der Waals surface area (Å²) in [4.78, 5) is 0. The third kappa shape index (κ3) is 3.34. The summed E-state index contributed by atoms with van der Waals surface area (Å²) < 4.78 is 230. The van der Waals surface area contributed by atoms with Gasteiger partial charge < -0.3 is 0 Å². The smallest absolute Gasteiger partial charge is 0.283 e. The molecule has 0 rings (SSSR count). The van der Waals surface area contributed by atoms with E-state index in [1.807, 2.05) is 0 Å². The molecule has 0 amide bonds. The van der Waals surface area contributed by atoms with Gasteiger partial charge in [0.05, 0.1) is 0 Å². The van der Waals surface area contributed by atoms with Crippen molar-refractivity contribution in [3.63, 3.8) is 0 Å². The van der Waals surface area contributed by atoms with Crippen molar-refractivity contribution in [2.24, 2.45) is 0 Å². The Hall–Kier alpha value is -1.21. The van der Waals surface area contributed by atoms with E-state index in [2.05, 4.69) is 0 Å². The van der Waals surface area contributed by atoms with Crippen LogP contribution in [-0.2, 0) is 10.1 Å². The van der Waals surface area contributed by atoms with Crippen LogP contribution in [0.5, 0.6) is 0 Å². The molecule has 0 spiro atoms. The van der Waals surface area contributed by atoms with E-state index < -0.39 is 57.3 Å². The topological polar surface area (TPSA) is 54.4 Å². The summed E-state index contributed by atoms with van der Waals surface area (Å²) >= 11 is 0. The van der Waals surface area contributed by atoms with Crippen LogP contribution in [0.15, 0.2) is 0 Å². The quantitative estimate of drug-likeness (QED) is 0.429. The molecule has 0 aliphatic rings. The summed E-state index contributed by atoms with van der Waals surface area (Å²) in [5.41, 5.74) is -5.91. The molecule has 28 heavy (non-hydrogen) atoms. The highest BCUT2D eigenvalue weighted by atomic mass is 32.2. The zero-order chi connectivity index (χ0) is 23.6. The van der Waals surface area contributed by atoms with Crippen molar-refractivity contribution in [2.45, 2.75) is 47.2 Å². The monoisotopic (exact) mass is 482 g/mol. The van der Waals surface area contributed by atoms with Crippen LogP contribution in [0.2, 0.25) is 0 Å². The van der Waals surface area contributed by atoms with E-state index in [-0.39, 0.29) is 0 Å². The summed E-state index contributed by atoms with van der Waals surface area (Å²) in [6.45, 7) is 0. The standard InChI is InChI=1S/C8H2F16O3S/c9-1(28(25,26)27)2(10,11)3(12,13)4(14,15)5(16,17)6(18,19)7(20,21)8(22,23)24/h1H,(H,25,26,27). The zero-order valence-electron chi connectivity index (χ0n) is 11.8. The number of hydrogen-bond donors (Lipinski definition) is 1. The van der Waals surface area contributed by atoms with E-state index in [0.29, 0.717) is 0 Å². The fraction of sp³-hybridized carbons (Fsp3) is 1.00. The Morgan fingerprint density at radius 3 is 1.04 bits per heavy atom. The van der Waals surface area contributed by atoms with E-state index in [4.69, 9.17) is 4.55 Å². The number of halogens is 16. The molecule has 3 nitrogen and oxygen atoms in total. The van der Waals surface area contributed by atoms with Crippen LogP contribution in [0.25, 0.3) is 0 Å². The molecule has 0 heterocycles. The Morgan fingerprint density at radius 1 is 0.536 bits per heavy atom. The average molecular weight is 482 g/mol. The molecule has 20 heteroatoms. The second kappa shape index (κ2) is 6.39. The van der Waals surface area contributed by atoms with Gasteiger partial charge in [0.2, 0.25) is 0 Å². The van der Waals surface area contributed by atoms with Crippen LogP contribution in [0.1, 0.15) is 0 Å². The van der Waals surface area contributed by atoms with E-state index >= 15 is 0 Å². The molecule has 0 saturated carbocycles.